The molecule has 8 nitrogen and oxygen atoms in total. The van der Waals surface area contributed by atoms with Gasteiger partial charge in [-0.05, 0) is 12.8 Å². The fourth-order valence-corrected chi connectivity index (χ4v) is 2.68. The average molecular weight is 322 g/mol. The van der Waals surface area contributed by atoms with Crippen LogP contribution in [0.5, 0.6) is 0 Å². The van der Waals surface area contributed by atoms with Gasteiger partial charge in [-0.25, -0.2) is 9.59 Å². The number of carbonyl (C=O) groups excluding carboxylic acids is 1. The van der Waals surface area contributed by atoms with Gasteiger partial charge in [-0.15, -0.1) is 0 Å². The van der Waals surface area contributed by atoms with E-state index in [9.17, 15) is 19.7 Å². The molecule has 0 saturated carbocycles. The molecule has 0 aliphatic carbocycles. The Morgan fingerprint density at radius 2 is 2.17 bits per heavy atom. The number of amides is 1. The SMILES string of the molecule is CC(COC(=O)N1CCC[C@H]1C(=O)O)c1ccccc1[N+](=O)[O-]. The van der Waals surface area contributed by atoms with E-state index in [1.165, 1.54) is 11.0 Å². The molecule has 0 aromatic heterocycles. The van der Waals surface area contributed by atoms with E-state index >= 15 is 0 Å². The van der Waals surface area contributed by atoms with E-state index in [0.717, 1.165) is 0 Å². The summed E-state index contributed by atoms with van der Waals surface area (Å²) in [5.41, 5.74) is 0.446. The number of benzene rings is 1. The van der Waals surface area contributed by atoms with Crippen LogP contribution in [-0.4, -0.2) is 46.2 Å². The first-order chi connectivity index (χ1) is 10.9. The molecule has 124 valence electrons. The first-order valence-electron chi connectivity index (χ1n) is 7.31. The molecule has 23 heavy (non-hydrogen) atoms. The van der Waals surface area contributed by atoms with Gasteiger partial charge < -0.3 is 9.84 Å². The van der Waals surface area contributed by atoms with Gasteiger partial charge in [0.05, 0.1) is 4.92 Å². The maximum Gasteiger partial charge on any atom is 0.410 e. The van der Waals surface area contributed by atoms with Gasteiger partial charge >= 0.3 is 12.1 Å². The van der Waals surface area contributed by atoms with E-state index in [2.05, 4.69) is 0 Å². The minimum absolute atomic E-state index is 0.0272. The fourth-order valence-electron chi connectivity index (χ4n) is 2.68. The van der Waals surface area contributed by atoms with Crippen molar-refractivity contribution in [1.29, 1.82) is 0 Å². The first-order valence-corrected chi connectivity index (χ1v) is 7.31. The second-order valence-electron chi connectivity index (χ2n) is 5.48. The predicted octanol–water partition coefficient (Wildman–Crippen LogP) is 2.38. The molecule has 1 aromatic carbocycles. The number of nitrogens with zero attached hydrogens (tertiary/aromatic N) is 2. The van der Waals surface area contributed by atoms with Gasteiger partial charge in [0.15, 0.2) is 0 Å². The minimum Gasteiger partial charge on any atom is -0.480 e. The van der Waals surface area contributed by atoms with Crippen molar-refractivity contribution in [3.8, 4) is 0 Å². The third-order valence-corrected chi connectivity index (χ3v) is 3.89. The largest absolute Gasteiger partial charge is 0.480 e. The molecule has 1 fully saturated rings. The molecule has 1 aliphatic rings. The van der Waals surface area contributed by atoms with E-state index in [1.807, 2.05) is 0 Å². The number of hydrogen-bond acceptors (Lipinski definition) is 5. The Labute approximate surface area is 132 Å². The summed E-state index contributed by atoms with van der Waals surface area (Å²) in [5, 5.41) is 20.1. The second-order valence-corrected chi connectivity index (χ2v) is 5.48. The highest BCUT2D eigenvalue weighted by Crippen LogP contribution is 2.27. The van der Waals surface area contributed by atoms with Gasteiger partial charge in [-0.2, -0.15) is 0 Å². The van der Waals surface area contributed by atoms with E-state index < -0.39 is 23.0 Å². The highest BCUT2D eigenvalue weighted by Gasteiger charge is 2.35. The molecule has 0 spiro atoms. The zero-order chi connectivity index (χ0) is 17.0. The van der Waals surface area contributed by atoms with Crippen LogP contribution in [0.15, 0.2) is 24.3 Å². The number of hydrogen-bond donors (Lipinski definition) is 1. The van der Waals surface area contributed by atoms with Crippen molar-refractivity contribution >= 4 is 17.7 Å². The second kappa shape index (κ2) is 7.08. The molecule has 1 heterocycles. The summed E-state index contributed by atoms with van der Waals surface area (Å²) >= 11 is 0. The molecule has 1 aliphatic heterocycles. The van der Waals surface area contributed by atoms with Crippen molar-refractivity contribution in [3.05, 3.63) is 39.9 Å². The molecular weight excluding hydrogens is 304 g/mol. The van der Waals surface area contributed by atoms with Crippen molar-refractivity contribution < 1.29 is 24.4 Å². The number of carboxylic acid groups (broad SMARTS) is 1. The Balaban J connectivity index is 1.99. The molecule has 1 N–H and O–H groups in total. The molecule has 0 radical (unpaired) electrons. The average Bonchev–Trinajstić information content (AvgIpc) is 3.02. The lowest BCUT2D eigenvalue weighted by Gasteiger charge is -2.22. The Morgan fingerprint density at radius 1 is 1.48 bits per heavy atom. The molecule has 2 atom stereocenters. The predicted molar refractivity (Wildman–Crippen MR) is 80.2 cm³/mol. The molecule has 1 aromatic rings. The molecule has 2 rings (SSSR count). The van der Waals surface area contributed by atoms with Crippen LogP contribution < -0.4 is 0 Å². The Hall–Kier alpha value is -2.64. The Kier molecular flexibility index (Phi) is 5.15. The zero-order valence-corrected chi connectivity index (χ0v) is 12.7. The smallest absolute Gasteiger partial charge is 0.410 e. The third kappa shape index (κ3) is 3.77. The van der Waals surface area contributed by atoms with Crippen molar-refractivity contribution in [3.63, 3.8) is 0 Å². The van der Waals surface area contributed by atoms with E-state index in [0.29, 0.717) is 24.9 Å². The molecule has 1 amide bonds. The van der Waals surface area contributed by atoms with Crippen LogP contribution >= 0.6 is 0 Å². The number of nitro groups is 1. The first kappa shape index (κ1) is 16.7. The van der Waals surface area contributed by atoms with Gasteiger partial charge in [0.2, 0.25) is 0 Å². The molecule has 8 heteroatoms. The van der Waals surface area contributed by atoms with Gasteiger partial charge in [0.25, 0.3) is 5.69 Å². The summed E-state index contributed by atoms with van der Waals surface area (Å²) in [4.78, 5) is 34.8. The van der Waals surface area contributed by atoms with Gasteiger partial charge in [0, 0.05) is 24.1 Å². The highest BCUT2D eigenvalue weighted by atomic mass is 16.6. The van der Waals surface area contributed by atoms with Crippen molar-refractivity contribution in [1.82, 2.24) is 4.90 Å². The van der Waals surface area contributed by atoms with Crippen molar-refractivity contribution in [2.75, 3.05) is 13.2 Å². The van der Waals surface area contributed by atoms with E-state index in [1.54, 1.807) is 25.1 Å². The number of aliphatic carboxylic acids is 1. The summed E-state index contributed by atoms with van der Waals surface area (Å²) in [7, 11) is 0. The molecule has 1 saturated heterocycles. The zero-order valence-electron chi connectivity index (χ0n) is 12.7. The topological polar surface area (TPSA) is 110 Å². The van der Waals surface area contributed by atoms with Crippen LogP contribution in [-0.2, 0) is 9.53 Å². The monoisotopic (exact) mass is 322 g/mol. The number of carbonyl (C=O) groups is 2. The van der Waals surface area contributed by atoms with E-state index in [4.69, 9.17) is 9.84 Å². The highest BCUT2D eigenvalue weighted by molar-refractivity contribution is 5.80. The third-order valence-electron chi connectivity index (χ3n) is 3.89. The van der Waals surface area contributed by atoms with E-state index in [-0.39, 0.29) is 18.2 Å². The summed E-state index contributed by atoms with van der Waals surface area (Å²) in [6.45, 7) is 2.01. The van der Waals surface area contributed by atoms with Crippen LogP contribution in [0.4, 0.5) is 10.5 Å². The maximum atomic E-state index is 12.0. The van der Waals surface area contributed by atoms with Gasteiger partial charge in [-0.3, -0.25) is 15.0 Å². The fraction of sp³-hybridized carbons (Fsp3) is 0.467. The van der Waals surface area contributed by atoms with Gasteiger partial charge in [0.1, 0.15) is 12.6 Å². The number of para-hydroxylation sites is 1. The number of nitro benzene ring substituents is 1. The van der Waals surface area contributed by atoms with Crippen LogP contribution in [0.1, 0.15) is 31.2 Å². The van der Waals surface area contributed by atoms with Crippen molar-refractivity contribution in [2.24, 2.45) is 0 Å². The maximum absolute atomic E-state index is 12.0. The van der Waals surface area contributed by atoms with Gasteiger partial charge in [-0.1, -0.05) is 25.1 Å². The summed E-state index contributed by atoms with van der Waals surface area (Å²) < 4.78 is 5.16. The quantitative estimate of drug-likeness (QED) is 0.658. The number of ether oxygens (including phenoxy) is 1. The number of carboxylic acids is 1. The minimum atomic E-state index is -1.05. The number of likely N-dealkylation sites (tertiary alicyclic amines) is 1. The summed E-state index contributed by atoms with van der Waals surface area (Å²) in [6, 6.07) is 5.41. The van der Waals surface area contributed by atoms with Crippen LogP contribution in [0.3, 0.4) is 0 Å². The van der Waals surface area contributed by atoms with Crippen LogP contribution in [0, 0.1) is 10.1 Å². The Bertz CT molecular complexity index is 618. The lowest BCUT2D eigenvalue weighted by molar-refractivity contribution is -0.385. The van der Waals surface area contributed by atoms with Crippen LogP contribution in [0.25, 0.3) is 0 Å². The lowest BCUT2D eigenvalue weighted by atomic mass is 10.0. The molecule has 0 bridgehead atoms. The van der Waals surface area contributed by atoms with Crippen molar-refractivity contribution in [2.45, 2.75) is 31.7 Å². The molecular formula is C15H18N2O6. The number of rotatable bonds is 5. The Morgan fingerprint density at radius 3 is 2.83 bits per heavy atom. The summed E-state index contributed by atoms with van der Waals surface area (Å²) in [6.07, 6.45) is 0.330. The summed E-state index contributed by atoms with van der Waals surface area (Å²) in [5.74, 6) is -1.42. The normalized spacial score (nSPS) is 18.5. The lowest BCUT2D eigenvalue weighted by Crippen LogP contribution is -2.41. The molecule has 1 unspecified atom stereocenters. The standard InChI is InChI=1S/C15H18N2O6/c1-10(11-5-2-3-6-12(11)17(21)22)9-23-15(20)16-8-4-7-13(16)14(18)19/h2-3,5-6,10,13H,4,7-9H2,1H3,(H,18,19)/t10?,13-/m0/s1. The van der Waals surface area contributed by atoms with Crippen LogP contribution in [0.2, 0.25) is 0 Å².